The van der Waals surface area contributed by atoms with E-state index in [-0.39, 0.29) is 12.6 Å². The van der Waals surface area contributed by atoms with Gasteiger partial charge in [0.05, 0.1) is 18.3 Å². The van der Waals surface area contributed by atoms with E-state index in [0.717, 1.165) is 16.6 Å². The van der Waals surface area contributed by atoms with E-state index >= 15 is 0 Å². The molecule has 0 radical (unpaired) electrons. The predicted molar refractivity (Wildman–Crippen MR) is 122 cm³/mol. The van der Waals surface area contributed by atoms with Gasteiger partial charge in [-0.1, -0.05) is 30.3 Å². The van der Waals surface area contributed by atoms with Gasteiger partial charge in [-0.3, -0.25) is 14.6 Å². The molecule has 1 aliphatic rings. The van der Waals surface area contributed by atoms with Gasteiger partial charge in [-0.2, -0.15) is 0 Å². The fourth-order valence-electron chi connectivity index (χ4n) is 4.15. The smallest absolute Gasteiger partial charge is 0.332 e. The lowest BCUT2D eigenvalue weighted by Gasteiger charge is -2.23. The van der Waals surface area contributed by atoms with Gasteiger partial charge in [0.1, 0.15) is 5.82 Å². The van der Waals surface area contributed by atoms with Crippen LogP contribution in [0.25, 0.3) is 10.8 Å². The number of benzene rings is 2. The number of carbonyl (C=O) groups is 2. The van der Waals surface area contributed by atoms with Crippen LogP contribution in [0.2, 0.25) is 0 Å². The zero-order valence-electron chi connectivity index (χ0n) is 18.5. The van der Waals surface area contributed by atoms with Gasteiger partial charge in [0.25, 0.3) is 0 Å². The van der Waals surface area contributed by atoms with Crippen LogP contribution in [0.4, 0.5) is 10.6 Å². The van der Waals surface area contributed by atoms with Crippen LogP contribution >= 0.6 is 0 Å². The first kappa shape index (κ1) is 21.1. The van der Waals surface area contributed by atoms with E-state index in [1.807, 2.05) is 31.5 Å². The molecule has 2 aromatic carbocycles. The molecule has 3 aromatic rings. The summed E-state index contributed by atoms with van der Waals surface area (Å²) >= 11 is 0. The number of aromatic nitrogens is 2. The highest BCUT2D eigenvalue weighted by Crippen LogP contribution is 2.43. The number of rotatable bonds is 6. The molecule has 0 spiro atoms. The molecule has 1 saturated carbocycles. The third kappa shape index (κ3) is 3.93. The third-order valence-electron chi connectivity index (χ3n) is 6.12. The molecule has 7 heteroatoms. The van der Waals surface area contributed by atoms with E-state index in [4.69, 9.17) is 5.73 Å². The van der Waals surface area contributed by atoms with E-state index in [9.17, 15) is 9.59 Å². The van der Waals surface area contributed by atoms with E-state index in [1.165, 1.54) is 33.6 Å². The van der Waals surface area contributed by atoms with Gasteiger partial charge >= 0.3 is 6.03 Å². The van der Waals surface area contributed by atoms with Crippen LogP contribution in [-0.4, -0.2) is 33.9 Å². The Kier molecular flexibility index (Phi) is 5.54. The first-order chi connectivity index (χ1) is 14.8. The van der Waals surface area contributed by atoms with Gasteiger partial charge in [0, 0.05) is 14.1 Å². The summed E-state index contributed by atoms with van der Waals surface area (Å²) in [5, 5.41) is 2.39. The van der Waals surface area contributed by atoms with Gasteiger partial charge in [0.15, 0.2) is 5.82 Å². The molecule has 2 N–H and O–H groups in total. The van der Waals surface area contributed by atoms with E-state index in [2.05, 4.69) is 35.3 Å². The van der Waals surface area contributed by atoms with Crippen LogP contribution in [0.15, 0.2) is 36.4 Å². The van der Waals surface area contributed by atoms with Gasteiger partial charge in [-0.05, 0) is 60.6 Å². The zero-order chi connectivity index (χ0) is 22.3. The quantitative estimate of drug-likeness (QED) is 0.612. The molecular formula is C24H29N5O2. The van der Waals surface area contributed by atoms with Crippen molar-refractivity contribution in [2.75, 3.05) is 11.9 Å². The molecule has 1 aromatic heterocycles. The maximum atomic E-state index is 13.1. The molecule has 1 heterocycles. The van der Waals surface area contributed by atoms with Crippen molar-refractivity contribution >= 4 is 29.0 Å². The third-order valence-corrected chi connectivity index (χ3v) is 6.12. The molecule has 4 rings (SSSR count). The number of nitrogens with zero attached hydrogens (tertiary/aromatic N) is 4. The van der Waals surface area contributed by atoms with Crippen molar-refractivity contribution in [1.82, 2.24) is 14.5 Å². The summed E-state index contributed by atoms with van der Waals surface area (Å²) in [6.07, 6.45) is 3.07. The average Bonchev–Trinajstić information content (AvgIpc) is 3.56. The second kappa shape index (κ2) is 8.15. The molecule has 3 amide bonds. The highest BCUT2D eigenvalue weighted by molar-refractivity contribution is 5.97. The SMILES string of the molecule is Cc1c(N(C)C(=O)N(C=O)Cc2ccc3c(C4CC4)cccc3c2)nc(C(C)N)n1C. The average molecular weight is 420 g/mol. The van der Waals surface area contributed by atoms with Crippen LogP contribution in [0, 0.1) is 6.92 Å². The standard InChI is InChI=1S/C24H29N5O2/c1-15(25)22-26-23(16(2)27(22)3)28(4)24(31)29(14-30)13-17-8-11-21-19(12-17)6-5-7-20(21)18-9-10-18/h5-8,11-12,14-15,18H,9-10,13,25H2,1-4H3. The minimum absolute atomic E-state index is 0.197. The summed E-state index contributed by atoms with van der Waals surface area (Å²) < 4.78 is 1.87. The van der Waals surface area contributed by atoms with Gasteiger partial charge in [-0.25, -0.2) is 9.78 Å². The Morgan fingerprint density at radius 2 is 2.06 bits per heavy atom. The number of fused-ring (bicyclic) bond motifs is 1. The van der Waals surface area contributed by atoms with E-state index in [1.54, 1.807) is 7.05 Å². The molecule has 0 saturated heterocycles. The second-order valence-electron chi connectivity index (χ2n) is 8.48. The predicted octanol–water partition coefficient (Wildman–Crippen LogP) is 3.99. The summed E-state index contributed by atoms with van der Waals surface area (Å²) in [4.78, 5) is 32.0. The maximum absolute atomic E-state index is 13.1. The number of imidazole rings is 1. The number of imide groups is 1. The molecule has 1 aliphatic carbocycles. The van der Waals surface area contributed by atoms with Crippen molar-refractivity contribution in [2.45, 2.75) is 45.2 Å². The zero-order valence-corrected chi connectivity index (χ0v) is 18.5. The highest BCUT2D eigenvalue weighted by atomic mass is 16.2. The van der Waals surface area contributed by atoms with E-state index < -0.39 is 6.03 Å². The molecule has 1 fully saturated rings. The largest absolute Gasteiger partial charge is 0.332 e. The molecular weight excluding hydrogens is 390 g/mol. The fourth-order valence-corrected chi connectivity index (χ4v) is 4.15. The molecule has 0 bridgehead atoms. The Balaban J connectivity index is 1.57. The topological polar surface area (TPSA) is 84.5 Å². The lowest BCUT2D eigenvalue weighted by molar-refractivity contribution is -0.115. The van der Waals surface area contributed by atoms with Crippen LogP contribution in [0.1, 0.15) is 54.4 Å². The van der Waals surface area contributed by atoms with Gasteiger partial charge in [0.2, 0.25) is 6.41 Å². The molecule has 0 aliphatic heterocycles. The number of amides is 3. The Morgan fingerprint density at radius 1 is 1.32 bits per heavy atom. The number of hydrogen-bond acceptors (Lipinski definition) is 4. The second-order valence-corrected chi connectivity index (χ2v) is 8.48. The van der Waals surface area contributed by atoms with Gasteiger partial charge in [-0.15, -0.1) is 0 Å². The van der Waals surface area contributed by atoms with Crippen LogP contribution in [0.3, 0.4) is 0 Å². The van der Waals surface area contributed by atoms with Crippen molar-refractivity contribution < 1.29 is 9.59 Å². The molecule has 7 nitrogen and oxygen atoms in total. The molecule has 1 unspecified atom stereocenters. The fraction of sp³-hybridized carbons (Fsp3) is 0.375. The Hall–Kier alpha value is -3.19. The normalized spacial score (nSPS) is 14.5. The van der Waals surface area contributed by atoms with Crippen molar-refractivity contribution in [3.05, 3.63) is 59.0 Å². The summed E-state index contributed by atoms with van der Waals surface area (Å²) in [6.45, 7) is 3.92. The summed E-state index contributed by atoms with van der Waals surface area (Å²) in [5.74, 6) is 1.85. The minimum Gasteiger partial charge on any atom is -0.332 e. The van der Waals surface area contributed by atoms with Crippen LogP contribution in [-0.2, 0) is 18.4 Å². The first-order valence-corrected chi connectivity index (χ1v) is 10.6. The van der Waals surface area contributed by atoms with Crippen LogP contribution in [0.5, 0.6) is 0 Å². The highest BCUT2D eigenvalue weighted by Gasteiger charge is 2.26. The van der Waals surface area contributed by atoms with Crippen molar-refractivity contribution in [1.29, 1.82) is 0 Å². The Morgan fingerprint density at radius 3 is 2.68 bits per heavy atom. The number of anilines is 1. The molecule has 162 valence electrons. The van der Waals surface area contributed by atoms with Crippen molar-refractivity contribution in [3.8, 4) is 0 Å². The van der Waals surface area contributed by atoms with Crippen molar-refractivity contribution in [3.63, 3.8) is 0 Å². The lowest BCUT2D eigenvalue weighted by Crippen LogP contribution is -2.40. The number of nitrogens with two attached hydrogens (primary N) is 1. The van der Waals surface area contributed by atoms with E-state index in [0.29, 0.717) is 24.0 Å². The summed E-state index contributed by atoms with van der Waals surface area (Å²) in [6, 6.07) is 11.8. The number of carbonyl (C=O) groups excluding carboxylic acids is 2. The Bertz CT molecular complexity index is 1150. The molecule has 1 atom stereocenters. The van der Waals surface area contributed by atoms with Crippen molar-refractivity contribution in [2.24, 2.45) is 12.8 Å². The lowest BCUT2D eigenvalue weighted by atomic mass is 9.99. The number of urea groups is 1. The minimum atomic E-state index is -0.431. The summed E-state index contributed by atoms with van der Waals surface area (Å²) in [5.41, 5.74) is 9.10. The Labute approximate surface area is 182 Å². The van der Waals surface area contributed by atoms with Crippen LogP contribution < -0.4 is 10.6 Å². The van der Waals surface area contributed by atoms with Gasteiger partial charge < -0.3 is 10.3 Å². The molecule has 31 heavy (non-hydrogen) atoms. The summed E-state index contributed by atoms with van der Waals surface area (Å²) in [7, 11) is 3.49. The monoisotopic (exact) mass is 419 g/mol. The first-order valence-electron chi connectivity index (χ1n) is 10.6. The number of hydrogen-bond donors (Lipinski definition) is 1. The maximum Gasteiger partial charge on any atom is 0.332 e.